The molecule has 2 aromatic rings. The number of primary amides is 1. The fourth-order valence-corrected chi connectivity index (χ4v) is 3.79. The molecule has 2 N–H and O–H groups in total. The maximum Gasteiger partial charge on any atom is 0.416 e. The molecule has 1 saturated heterocycles. The van der Waals surface area contributed by atoms with Gasteiger partial charge in [-0.15, -0.1) is 11.8 Å². The second-order valence-electron chi connectivity index (χ2n) is 5.68. The minimum absolute atomic E-state index is 0.0706. The molecule has 6 nitrogen and oxygen atoms in total. The van der Waals surface area contributed by atoms with Crippen LogP contribution in [0.1, 0.15) is 21.9 Å². The van der Waals surface area contributed by atoms with Crippen LogP contribution >= 0.6 is 11.8 Å². The molecule has 1 fully saturated rings. The predicted molar refractivity (Wildman–Crippen MR) is 88.2 cm³/mol. The van der Waals surface area contributed by atoms with Crippen molar-refractivity contribution in [3.63, 3.8) is 0 Å². The summed E-state index contributed by atoms with van der Waals surface area (Å²) in [6.45, 7) is 1.48. The number of nitrogens with two attached hydrogens (primary N) is 1. The molecule has 2 amide bonds. The van der Waals surface area contributed by atoms with Crippen LogP contribution in [0.15, 0.2) is 28.7 Å². The Morgan fingerprint density at radius 1 is 1.38 bits per heavy atom. The number of nitrogens with zero attached hydrogens (tertiary/aromatic N) is 2. The van der Waals surface area contributed by atoms with E-state index in [2.05, 4.69) is 4.98 Å². The van der Waals surface area contributed by atoms with Crippen LogP contribution in [0.5, 0.6) is 0 Å². The molecular weight excluding hydrogens is 371 g/mol. The molecule has 0 unspecified atom stereocenters. The van der Waals surface area contributed by atoms with Gasteiger partial charge in [-0.25, -0.2) is 4.98 Å². The lowest BCUT2D eigenvalue weighted by atomic mass is 10.1. The lowest BCUT2D eigenvalue weighted by Crippen LogP contribution is -2.45. The number of rotatable bonds is 3. The molecule has 26 heavy (non-hydrogen) atoms. The highest BCUT2D eigenvalue weighted by atomic mass is 32.2. The zero-order valence-electron chi connectivity index (χ0n) is 13.5. The van der Waals surface area contributed by atoms with E-state index in [4.69, 9.17) is 10.2 Å². The summed E-state index contributed by atoms with van der Waals surface area (Å²) in [6, 6.07) is 3.65. The summed E-state index contributed by atoms with van der Waals surface area (Å²) in [5.74, 6) is -0.605. The number of carbonyl (C=O) groups is 2. The zero-order chi connectivity index (χ0) is 19.1. The second kappa shape index (κ2) is 6.67. The van der Waals surface area contributed by atoms with Crippen LogP contribution in [0.3, 0.4) is 0 Å². The average Bonchev–Trinajstić information content (AvgIpc) is 3.20. The van der Waals surface area contributed by atoms with Crippen LogP contribution < -0.4 is 5.73 Å². The Hall–Kier alpha value is -2.49. The summed E-state index contributed by atoms with van der Waals surface area (Å²) in [6.07, 6.45) is -4.53. The van der Waals surface area contributed by atoms with E-state index in [0.29, 0.717) is 5.75 Å². The molecule has 3 rings (SSSR count). The molecule has 1 aliphatic rings. The summed E-state index contributed by atoms with van der Waals surface area (Å²) in [5.41, 5.74) is 4.38. The normalized spacial score (nSPS) is 17.5. The van der Waals surface area contributed by atoms with Gasteiger partial charge in [0.1, 0.15) is 6.04 Å². The lowest BCUT2D eigenvalue weighted by Gasteiger charge is -2.20. The van der Waals surface area contributed by atoms with Crippen LogP contribution in [0.25, 0.3) is 11.3 Å². The minimum atomic E-state index is -4.53. The van der Waals surface area contributed by atoms with E-state index in [9.17, 15) is 22.8 Å². The van der Waals surface area contributed by atoms with E-state index in [1.54, 1.807) is 0 Å². The van der Waals surface area contributed by atoms with Gasteiger partial charge in [-0.1, -0.05) is 12.1 Å². The SMILES string of the molecule is Cc1nc(C(=O)N2CSC[C@H]2C(N)=O)c(-c2cccc(C(F)(F)F)c2)o1. The molecule has 0 aliphatic carbocycles. The number of halogens is 3. The van der Waals surface area contributed by atoms with Gasteiger partial charge in [0.15, 0.2) is 17.3 Å². The predicted octanol–water partition coefficient (Wildman–Crippen LogP) is 2.67. The van der Waals surface area contributed by atoms with Crippen molar-refractivity contribution in [3.05, 3.63) is 41.4 Å². The summed E-state index contributed by atoms with van der Waals surface area (Å²) in [4.78, 5) is 29.6. The lowest BCUT2D eigenvalue weighted by molar-refractivity contribution is -0.137. The highest BCUT2D eigenvalue weighted by molar-refractivity contribution is 7.99. The molecule has 0 spiro atoms. The topological polar surface area (TPSA) is 89.4 Å². The first kappa shape index (κ1) is 18.3. The van der Waals surface area contributed by atoms with Crippen molar-refractivity contribution < 1.29 is 27.2 Å². The van der Waals surface area contributed by atoms with Crippen molar-refractivity contribution in [1.82, 2.24) is 9.88 Å². The smallest absolute Gasteiger partial charge is 0.416 e. The summed E-state index contributed by atoms with van der Waals surface area (Å²) in [7, 11) is 0. The van der Waals surface area contributed by atoms with Crippen molar-refractivity contribution >= 4 is 23.6 Å². The molecule has 1 aromatic heterocycles. The van der Waals surface area contributed by atoms with E-state index in [1.165, 1.54) is 35.7 Å². The van der Waals surface area contributed by atoms with Gasteiger partial charge in [-0.3, -0.25) is 9.59 Å². The van der Waals surface area contributed by atoms with Crippen molar-refractivity contribution in [2.75, 3.05) is 11.6 Å². The first-order valence-electron chi connectivity index (χ1n) is 7.51. The van der Waals surface area contributed by atoms with Gasteiger partial charge in [0, 0.05) is 18.2 Å². The van der Waals surface area contributed by atoms with Gasteiger partial charge >= 0.3 is 6.18 Å². The van der Waals surface area contributed by atoms with Gasteiger partial charge in [-0.2, -0.15) is 13.2 Å². The third-order valence-corrected chi connectivity index (χ3v) is 4.87. The first-order valence-corrected chi connectivity index (χ1v) is 8.67. The Bertz CT molecular complexity index is 866. The number of carbonyl (C=O) groups excluding carboxylic acids is 2. The number of alkyl halides is 3. The van der Waals surface area contributed by atoms with E-state index >= 15 is 0 Å². The molecule has 0 radical (unpaired) electrons. The highest BCUT2D eigenvalue weighted by Gasteiger charge is 2.37. The molecule has 1 aliphatic heterocycles. The molecular formula is C16H14F3N3O3S. The molecule has 10 heteroatoms. The first-order chi connectivity index (χ1) is 12.2. The van der Waals surface area contributed by atoms with E-state index < -0.39 is 29.6 Å². The van der Waals surface area contributed by atoms with Crippen LogP contribution in [0.4, 0.5) is 13.2 Å². The molecule has 138 valence electrons. The van der Waals surface area contributed by atoms with E-state index in [1.807, 2.05) is 0 Å². The summed E-state index contributed by atoms with van der Waals surface area (Å²) in [5, 5.41) is 0. The van der Waals surface area contributed by atoms with Gasteiger partial charge in [0.25, 0.3) is 5.91 Å². The number of benzene rings is 1. The minimum Gasteiger partial charge on any atom is -0.440 e. The Morgan fingerprint density at radius 3 is 2.77 bits per heavy atom. The maximum atomic E-state index is 13.0. The number of hydrogen-bond acceptors (Lipinski definition) is 5. The number of hydrogen-bond donors (Lipinski definition) is 1. The van der Waals surface area contributed by atoms with Crippen LogP contribution in [-0.2, 0) is 11.0 Å². The Morgan fingerprint density at radius 2 is 2.12 bits per heavy atom. The van der Waals surface area contributed by atoms with Gasteiger partial charge in [-0.05, 0) is 12.1 Å². The highest BCUT2D eigenvalue weighted by Crippen LogP contribution is 2.34. The third-order valence-electron chi connectivity index (χ3n) is 3.86. The number of amides is 2. The Balaban J connectivity index is 2.02. The number of aromatic nitrogens is 1. The van der Waals surface area contributed by atoms with E-state index in [-0.39, 0.29) is 28.8 Å². The summed E-state index contributed by atoms with van der Waals surface area (Å²) < 4.78 is 44.3. The van der Waals surface area contributed by atoms with Crippen LogP contribution in [-0.4, -0.2) is 39.4 Å². The second-order valence-corrected chi connectivity index (χ2v) is 6.68. The van der Waals surface area contributed by atoms with Crippen LogP contribution in [0.2, 0.25) is 0 Å². The van der Waals surface area contributed by atoms with Crippen molar-refractivity contribution in [2.45, 2.75) is 19.1 Å². The van der Waals surface area contributed by atoms with Crippen molar-refractivity contribution in [3.8, 4) is 11.3 Å². The van der Waals surface area contributed by atoms with E-state index in [0.717, 1.165) is 12.1 Å². The zero-order valence-corrected chi connectivity index (χ0v) is 14.4. The fraction of sp³-hybridized carbons (Fsp3) is 0.312. The average molecular weight is 385 g/mol. The van der Waals surface area contributed by atoms with Gasteiger partial charge in [0.05, 0.1) is 11.4 Å². The number of thioether (sulfide) groups is 1. The fourth-order valence-electron chi connectivity index (χ4n) is 2.62. The quantitative estimate of drug-likeness (QED) is 0.877. The number of aryl methyl sites for hydroxylation is 1. The van der Waals surface area contributed by atoms with Gasteiger partial charge in [0.2, 0.25) is 5.91 Å². The molecule has 2 heterocycles. The third kappa shape index (κ3) is 3.41. The standard InChI is InChI=1S/C16H14F3N3O3S/c1-8-21-12(15(24)22-7-26-6-11(22)14(20)23)13(25-8)9-3-2-4-10(5-9)16(17,18)19/h2-5,11H,6-7H2,1H3,(H2,20,23)/t11-/m0/s1. The summed E-state index contributed by atoms with van der Waals surface area (Å²) >= 11 is 1.35. The largest absolute Gasteiger partial charge is 0.440 e. The van der Waals surface area contributed by atoms with Gasteiger partial charge < -0.3 is 15.1 Å². The monoisotopic (exact) mass is 385 g/mol. The molecule has 1 atom stereocenters. The Kier molecular flexibility index (Phi) is 4.70. The number of oxazole rings is 1. The van der Waals surface area contributed by atoms with Crippen molar-refractivity contribution in [2.24, 2.45) is 5.73 Å². The molecule has 1 aromatic carbocycles. The maximum absolute atomic E-state index is 13.0. The van der Waals surface area contributed by atoms with Crippen LogP contribution in [0, 0.1) is 6.92 Å². The van der Waals surface area contributed by atoms with Crippen molar-refractivity contribution in [1.29, 1.82) is 0 Å². The Labute approximate surface area is 150 Å². The molecule has 0 bridgehead atoms. The molecule has 0 saturated carbocycles.